The molecule has 4 aromatic rings. The third-order valence-corrected chi connectivity index (χ3v) is 4.92. The van der Waals surface area contributed by atoms with Gasteiger partial charge in [-0.1, -0.05) is 24.3 Å². The summed E-state index contributed by atoms with van der Waals surface area (Å²) >= 11 is 0. The van der Waals surface area contributed by atoms with Crippen molar-refractivity contribution in [3.8, 4) is 22.9 Å². The molecule has 8 heteroatoms. The van der Waals surface area contributed by atoms with Crippen molar-refractivity contribution in [2.24, 2.45) is 5.73 Å². The summed E-state index contributed by atoms with van der Waals surface area (Å²) in [5.41, 5.74) is 7.40. The molecule has 1 heterocycles. The van der Waals surface area contributed by atoms with Crippen LogP contribution in [0.5, 0.6) is 0 Å². The Morgan fingerprint density at radius 2 is 1.71 bits per heavy atom. The third kappa shape index (κ3) is 3.52. The summed E-state index contributed by atoms with van der Waals surface area (Å²) < 4.78 is 1.35. The van der Waals surface area contributed by atoms with Gasteiger partial charge in [0.25, 0.3) is 11.2 Å². The lowest BCUT2D eigenvalue weighted by molar-refractivity contribution is -0.384. The number of carbonyl (C=O) groups is 1. The lowest BCUT2D eigenvalue weighted by Crippen LogP contribution is -2.21. The highest BCUT2D eigenvalue weighted by Crippen LogP contribution is 2.27. The molecule has 0 saturated carbocycles. The van der Waals surface area contributed by atoms with Gasteiger partial charge < -0.3 is 5.73 Å². The van der Waals surface area contributed by atoms with Gasteiger partial charge in [-0.15, -0.1) is 0 Å². The van der Waals surface area contributed by atoms with E-state index >= 15 is 0 Å². The van der Waals surface area contributed by atoms with Gasteiger partial charge in [0.1, 0.15) is 11.6 Å². The van der Waals surface area contributed by atoms with E-state index in [0.717, 1.165) is 11.1 Å². The number of nitro groups is 1. The van der Waals surface area contributed by atoms with Crippen molar-refractivity contribution in [3.63, 3.8) is 0 Å². The summed E-state index contributed by atoms with van der Waals surface area (Å²) in [6.45, 7) is 0. The topological polar surface area (TPSA) is 132 Å². The maximum Gasteiger partial charge on any atom is 0.273 e. The third-order valence-electron chi connectivity index (χ3n) is 4.92. The van der Waals surface area contributed by atoms with Crippen LogP contribution in [-0.2, 0) is 0 Å². The second kappa shape index (κ2) is 7.57. The molecule has 0 aliphatic rings. The first-order chi connectivity index (χ1) is 14.9. The SMILES string of the molecule is N#Cc1cc2ccc(-c3cccc(C(N)=O)c3)cc2n(-c2ccc([N+](=O)[O-])cc2)c1=O. The number of fused-ring (bicyclic) bond motifs is 1. The quantitative estimate of drug-likeness (QED) is 0.406. The summed E-state index contributed by atoms with van der Waals surface area (Å²) in [5, 5.41) is 21.0. The minimum Gasteiger partial charge on any atom is -0.366 e. The molecule has 0 unspecified atom stereocenters. The van der Waals surface area contributed by atoms with E-state index in [1.54, 1.807) is 30.3 Å². The summed E-state index contributed by atoms with van der Waals surface area (Å²) in [7, 11) is 0. The number of aromatic nitrogens is 1. The Balaban J connectivity index is 1.98. The van der Waals surface area contributed by atoms with Crippen molar-refractivity contribution in [2.45, 2.75) is 0 Å². The molecule has 1 aromatic heterocycles. The van der Waals surface area contributed by atoms with Crippen LogP contribution >= 0.6 is 0 Å². The average Bonchev–Trinajstić information content (AvgIpc) is 2.78. The number of nitrogens with zero attached hydrogens (tertiary/aromatic N) is 3. The van der Waals surface area contributed by atoms with Crippen molar-refractivity contribution in [2.75, 3.05) is 0 Å². The van der Waals surface area contributed by atoms with Crippen LogP contribution in [0.1, 0.15) is 15.9 Å². The first-order valence-corrected chi connectivity index (χ1v) is 9.14. The van der Waals surface area contributed by atoms with E-state index in [1.807, 2.05) is 18.2 Å². The van der Waals surface area contributed by atoms with Crippen LogP contribution in [0.25, 0.3) is 27.7 Å². The molecule has 0 atom stereocenters. The van der Waals surface area contributed by atoms with Crippen molar-refractivity contribution >= 4 is 22.5 Å². The Morgan fingerprint density at radius 1 is 1.00 bits per heavy atom. The molecule has 0 aliphatic carbocycles. The normalized spacial score (nSPS) is 10.5. The zero-order chi connectivity index (χ0) is 22.1. The van der Waals surface area contributed by atoms with Gasteiger partial charge in [0.15, 0.2) is 0 Å². The molecule has 1 amide bonds. The molecule has 0 spiro atoms. The van der Waals surface area contributed by atoms with Crippen molar-refractivity contribution in [1.29, 1.82) is 5.26 Å². The maximum absolute atomic E-state index is 13.0. The van der Waals surface area contributed by atoms with Gasteiger partial charge in [-0.25, -0.2) is 0 Å². The summed E-state index contributed by atoms with van der Waals surface area (Å²) in [5.74, 6) is -0.552. The molecular weight excluding hydrogens is 396 g/mol. The number of amides is 1. The number of hydrogen-bond donors (Lipinski definition) is 1. The minimum atomic E-state index is -0.552. The van der Waals surface area contributed by atoms with E-state index < -0.39 is 16.4 Å². The molecule has 0 aliphatic heterocycles. The maximum atomic E-state index is 13.0. The van der Waals surface area contributed by atoms with E-state index in [4.69, 9.17) is 5.73 Å². The monoisotopic (exact) mass is 410 g/mol. The first kappa shape index (κ1) is 19.5. The van der Waals surface area contributed by atoms with Crippen LogP contribution in [0.3, 0.4) is 0 Å². The Bertz CT molecular complexity index is 1460. The first-order valence-electron chi connectivity index (χ1n) is 9.14. The van der Waals surface area contributed by atoms with Gasteiger partial charge >= 0.3 is 0 Å². The van der Waals surface area contributed by atoms with Crippen LogP contribution in [0.2, 0.25) is 0 Å². The molecule has 0 saturated heterocycles. The molecule has 3 aromatic carbocycles. The molecular formula is C23H14N4O4. The Labute approximate surface area is 175 Å². The Morgan fingerprint density at radius 3 is 2.35 bits per heavy atom. The minimum absolute atomic E-state index is 0.0469. The molecule has 2 N–H and O–H groups in total. The van der Waals surface area contributed by atoms with Gasteiger partial charge in [0, 0.05) is 28.8 Å². The number of non-ortho nitro benzene ring substituents is 1. The fourth-order valence-electron chi connectivity index (χ4n) is 3.40. The van der Waals surface area contributed by atoms with Crippen LogP contribution < -0.4 is 11.3 Å². The number of benzene rings is 3. The molecule has 0 fully saturated rings. The smallest absolute Gasteiger partial charge is 0.273 e. The lowest BCUT2D eigenvalue weighted by Gasteiger charge is -2.13. The zero-order valence-electron chi connectivity index (χ0n) is 16.0. The van der Waals surface area contributed by atoms with Gasteiger partial charge in [0.05, 0.1) is 10.4 Å². The van der Waals surface area contributed by atoms with Gasteiger partial charge in [-0.2, -0.15) is 5.26 Å². The highest BCUT2D eigenvalue weighted by molar-refractivity contribution is 5.94. The summed E-state index contributed by atoms with van der Waals surface area (Å²) in [6, 6.07) is 21.0. The van der Waals surface area contributed by atoms with Crippen molar-refractivity contribution in [1.82, 2.24) is 4.57 Å². The number of nitrogens with two attached hydrogens (primary N) is 1. The van der Waals surface area contributed by atoms with E-state index in [0.29, 0.717) is 22.2 Å². The summed E-state index contributed by atoms with van der Waals surface area (Å²) in [4.78, 5) is 34.9. The Hall–Kier alpha value is -4.77. The fraction of sp³-hybridized carbons (Fsp3) is 0. The summed E-state index contributed by atoms with van der Waals surface area (Å²) in [6.07, 6.45) is 0. The number of pyridine rings is 1. The standard InChI is InChI=1S/C23H14N4O4/c24-13-18-11-16-5-4-15(14-2-1-3-17(10-14)22(25)28)12-21(16)26(23(18)29)19-6-8-20(9-7-19)27(30)31/h1-12H,(H2,25,28). The second-order valence-corrected chi connectivity index (χ2v) is 6.80. The molecule has 150 valence electrons. The predicted molar refractivity (Wildman–Crippen MR) is 115 cm³/mol. The average molecular weight is 410 g/mol. The van der Waals surface area contributed by atoms with Crippen molar-refractivity contribution < 1.29 is 9.72 Å². The largest absolute Gasteiger partial charge is 0.366 e. The molecule has 4 rings (SSSR count). The predicted octanol–water partition coefficient (Wildman–Crippen LogP) is 3.54. The van der Waals surface area contributed by atoms with E-state index in [2.05, 4.69) is 0 Å². The Kier molecular flexibility index (Phi) is 4.77. The molecule has 0 radical (unpaired) electrons. The second-order valence-electron chi connectivity index (χ2n) is 6.80. The fourth-order valence-corrected chi connectivity index (χ4v) is 3.40. The number of hydrogen-bond acceptors (Lipinski definition) is 5. The van der Waals surface area contributed by atoms with Crippen LogP contribution in [0, 0.1) is 21.4 Å². The number of primary amides is 1. The zero-order valence-corrected chi connectivity index (χ0v) is 16.0. The molecule has 8 nitrogen and oxygen atoms in total. The van der Waals surface area contributed by atoms with E-state index in [-0.39, 0.29) is 11.3 Å². The number of rotatable bonds is 4. The number of carbonyl (C=O) groups excluding carboxylic acids is 1. The van der Waals surface area contributed by atoms with E-state index in [1.165, 1.54) is 34.9 Å². The highest BCUT2D eigenvalue weighted by Gasteiger charge is 2.14. The van der Waals surface area contributed by atoms with Crippen LogP contribution in [0.4, 0.5) is 5.69 Å². The highest BCUT2D eigenvalue weighted by atomic mass is 16.6. The van der Waals surface area contributed by atoms with Crippen LogP contribution in [-0.4, -0.2) is 15.4 Å². The number of nitro benzene ring substituents is 1. The van der Waals surface area contributed by atoms with E-state index in [9.17, 15) is 25.0 Å². The molecule has 31 heavy (non-hydrogen) atoms. The lowest BCUT2D eigenvalue weighted by atomic mass is 10.0. The van der Waals surface area contributed by atoms with Gasteiger partial charge in [-0.05, 0) is 47.5 Å². The number of nitriles is 1. The van der Waals surface area contributed by atoms with Crippen LogP contribution in [0.15, 0.2) is 77.6 Å². The van der Waals surface area contributed by atoms with Gasteiger partial charge in [-0.3, -0.25) is 24.3 Å². The van der Waals surface area contributed by atoms with Gasteiger partial charge in [0.2, 0.25) is 5.91 Å². The van der Waals surface area contributed by atoms with Crippen molar-refractivity contribution in [3.05, 3.63) is 104 Å². The molecule has 0 bridgehead atoms.